The zero-order valence-corrected chi connectivity index (χ0v) is 12.2. The Morgan fingerprint density at radius 1 is 1.23 bits per heavy atom. The van der Waals surface area contributed by atoms with Crippen molar-refractivity contribution >= 4 is 5.91 Å². The van der Waals surface area contributed by atoms with Gasteiger partial charge in [-0.2, -0.15) is 4.98 Å². The van der Waals surface area contributed by atoms with Crippen LogP contribution < -0.4 is 9.47 Å². The third-order valence-electron chi connectivity index (χ3n) is 3.45. The summed E-state index contributed by atoms with van der Waals surface area (Å²) in [6, 6.07) is 3.42. The number of rotatable bonds is 4. The molecule has 0 bridgehead atoms. The van der Waals surface area contributed by atoms with Crippen molar-refractivity contribution < 1.29 is 14.3 Å². The van der Waals surface area contributed by atoms with Crippen LogP contribution in [0.2, 0.25) is 0 Å². The minimum Gasteiger partial charge on any atom is -0.480 e. The number of aromatic nitrogens is 3. The van der Waals surface area contributed by atoms with Gasteiger partial charge in [0.15, 0.2) is 0 Å². The SMILES string of the molecule is COc1cncc(OC2CCN(C(=O)c3ccncc3)C2)n1. The number of methoxy groups -OCH3 is 1. The minimum absolute atomic E-state index is 0.00905. The number of amides is 1. The minimum atomic E-state index is -0.0906. The third-order valence-corrected chi connectivity index (χ3v) is 3.45. The van der Waals surface area contributed by atoms with Crippen LogP contribution in [0.3, 0.4) is 0 Å². The molecule has 1 aliphatic heterocycles. The van der Waals surface area contributed by atoms with Crippen LogP contribution in [-0.2, 0) is 0 Å². The maximum atomic E-state index is 12.3. The second kappa shape index (κ2) is 6.38. The van der Waals surface area contributed by atoms with E-state index in [1.807, 2.05) is 0 Å². The van der Waals surface area contributed by atoms with Gasteiger partial charge in [0.1, 0.15) is 6.10 Å². The maximum absolute atomic E-state index is 12.3. The van der Waals surface area contributed by atoms with E-state index in [-0.39, 0.29) is 12.0 Å². The molecule has 22 heavy (non-hydrogen) atoms. The Labute approximate surface area is 127 Å². The maximum Gasteiger partial charge on any atom is 0.254 e. The molecule has 1 atom stereocenters. The quantitative estimate of drug-likeness (QED) is 0.843. The van der Waals surface area contributed by atoms with Crippen molar-refractivity contribution in [2.24, 2.45) is 0 Å². The van der Waals surface area contributed by atoms with Crippen LogP contribution >= 0.6 is 0 Å². The Morgan fingerprint density at radius 3 is 2.77 bits per heavy atom. The lowest BCUT2D eigenvalue weighted by Crippen LogP contribution is -2.31. The Hall–Kier alpha value is -2.70. The number of carbonyl (C=O) groups excluding carboxylic acids is 1. The summed E-state index contributed by atoms with van der Waals surface area (Å²) in [7, 11) is 1.53. The van der Waals surface area contributed by atoms with Crippen LogP contribution in [0.1, 0.15) is 16.8 Å². The van der Waals surface area contributed by atoms with Crippen LogP contribution in [0.5, 0.6) is 11.8 Å². The van der Waals surface area contributed by atoms with Gasteiger partial charge in [-0.1, -0.05) is 0 Å². The van der Waals surface area contributed by atoms with Crippen molar-refractivity contribution in [3.63, 3.8) is 0 Å². The summed E-state index contributed by atoms with van der Waals surface area (Å²) in [5.41, 5.74) is 0.636. The summed E-state index contributed by atoms with van der Waals surface area (Å²) in [5.74, 6) is 0.799. The molecular formula is C15H16N4O3. The molecule has 0 N–H and O–H groups in total. The molecule has 2 aromatic heterocycles. The highest BCUT2D eigenvalue weighted by molar-refractivity contribution is 5.94. The summed E-state index contributed by atoms with van der Waals surface area (Å²) in [4.78, 5) is 26.2. The average molecular weight is 300 g/mol. The van der Waals surface area contributed by atoms with Gasteiger partial charge < -0.3 is 14.4 Å². The van der Waals surface area contributed by atoms with E-state index >= 15 is 0 Å². The zero-order chi connectivity index (χ0) is 15.4. The largest absolute Gasteiger partial charge is 0.480 e. The molecule has 0 radical (unpaired) electrons. The lowest BCUT2D eigenvalue weighted by molar-refractivity contribution is 0.0770. The number of carbonyl (C=O) groups is 1. The lowest BCUT2D eigenvalue weighted by Gasteiger charge is -2.17. The van der Waals surface area contributed by atoms with E-state index in [9.17, 15) is 4.79 Å². The Balaban J connectivity index is 1.61. The molecule has 114 valence electrons. The van der Waals surface area contributed by atoms with Gasteiger partial charge in [-0.05, 0) is 12.1 Å². The highest BCUT2D eigenvalue weighted by Crippen LogP contribution is 2.19. The molecule has 3 heterocycles. The summed E-state index contributed by atoms with van der Waals surface area (Å²) < 4.78 is 10.8. The fourth-order valence-electron chi connectivity index (χ4n) is 2.34. The van der Waals surface area contributed by atoms with Gasteiger partial charge in [0.25, 0.3) is 5.91 Å². The van der Waals surface area contributed by atoms with Crippen LogP contribution in [0, 0.1) is 0 Å². The van der Waals surface area contributed by atoms with Gasteiger partial charge in [-0.25, -0.2) is 0 Å². The Bertz CT molecular complexity index is 650. The van der Waals surface area contributed by atoms with E-state index in [0.717, 1.165) is 6.42 Å². The van der Waals surface area contributed by atoms with Crippen molar-refractivity contribution in [2.75, 3.05) is 20.2 Å². The predicted octanol–water partition coefficient (Wildman–Crippen LogP) is 1.17. The summed E-state index contributed by atoms with van der Waals surface area (Å²) in [6.07, 6.45) is 6.95. The molecular weight excluding hydrogens is 284 g/mol. The zero-order valence-electron chi connectivity index (χ0n) is 12.2. The molecule has 7 heteroatoms. The molecule has 1 aliphatic rings. The van der Waals surface area contributed by atoms with Crippen molar-refractivity contribution in [3.05, 3.63) is 42.5 Å². The molecule has 2 aromatic rings. The average Bonchev–Trinajstić information content (AvgIpc) is 3.03. The molecule has 1 fully saturated rings. The van der Waals surface area contributed by atoms with E-state index in [1.165, 1.54) is 19.5 Å². The second-order valence-electron chi connectivity index (χ2n) is 4.92. The fourth-order valence-corrected chi connectivity index (χ4v) is 2.34. The molecule has 1 saturated heterocycles. The van der Waals surface area contributed by atoms with Crippen molar-refractivity contribution in [2.45, 2.75) is 12.5 Å². The number of hydrogen-bond donors (Lipinski definition) is 0. The summed E-state index contributed by atoms with van der Waals surface area (Å²) in [5, 5.41) is 0. The highest BCUT2D eigenvalue weighted by Gasteiger charge is 2.28. The van der Waals surface area contributed by atoms with E-state index in [0.29, 0.717) is 30.4 Å². The molecule has 0 spiro atoms. The van der Waals surface area contributed by atoms with Crippen LogP contribution in [0.15, 0.2) is 36.9 Å². The number of hydrogen-bond acceptors (Lipinski definition) is 6. The molecule has 1 unspecified atom stereocenters. The van der Waals surface area contributed by atoms with Gasteiger partial charge in [0.2, 0.25) is 11.8 Å². The summed E-state index contributed by atoms with van der Waals surface area (Å²) >= 11 is 0. The van der Waals surface area contributed by atoms with Gasteiger partial charge in [0.05, 0.1) is 26.0 Å². The van der Waals surface area contributed by atoms with Gasteiger partial charge >= 0.3 is 0 Å². The number of likely N-dealkylation sites (tertiary alicyclic amines) is 1. The van der Waals surface area contributed by atoms with Crippen LogP contribution in [0.25, 0.3) is 0 Å². The summed E-state index contributed by atoms with van der Waals surface area (Å²) in [6.45, 7) is 1.18. The first-order valence-corrected chi connectivity index (χ1v) is 6.98. The molecule has 0 aliphatic carbocycles. The number of pyridine rings is 1. The number of ether oxygens (including phenoxy) is 2. The van der Waals surface area contributed by atoms with E-state index in [4.69, 9.17) is 9.47 Å². The first-order valence-electron chi connectivity index (χ1n) is 6.98. The molecule has 7 nitrogen and oxygen atoms in total. The molecule has 1 amide bonds. The number of nitrogens with zero attached hydrogens (tertiary/aromatic N) is 4. The molecule has 3 rings (SSSR count). The molecule has 0 saturated carbocycles. The van der Waals surface area contributed by atoms with Gasteiger partial charge in [-0.15, -0.1) is 0 Å². The normalized spacial score (nSPS) is 17.3. The Morgan fingerprint density at radius 2 is 2.00 bits per heavy atom. The fraction of sp³-hybridized carbons (Fsp3) is 0.333. The second-order valence-corrected chi connectivity index (χ2v) is 4.92. The third kappa shape index (κ3) is 3.13. The van der Waals surface area contributed by atoms with Crippen LogP contribution in [0.4, 0.5) is 0 Å². The predicted molar refractivity (Wildman–Crippen MR) is 77.8 cm³/mol. The van der Waals surface area contributed by atoms with E-state index in [1.54, 1.807) is 29.4 Å². The smallest absolute Gasteiger partial charge is 0.254 e. The highest BCUT2D eigenvalue weighted by atomic mass is 16.5. The molecule has 0 aromatic carbocycles. The van der Waals surface area contributed by atoms with Gasteiger partial charge in [-0.3, -0.25) is 14.8 Å². The lowest BCUT2D eigenvalue weighted by atomic mass is 10.2. The Kier molecular flexibility index (Phi) is 4.13. The standard InChI is InChI=1S/C15H16N4O3/c1-21-13-8-17-9-14(18-13)22-12-4-7-19(10-12)15(20)11-2-5-16-6-3-11/h2-3,5-6,8-9,12H,4,7,10H2,1H3. The van der Waals surface area contributed by atoms with Crippen molar-refractivity contribution in [1.82, 2.24) is 19.9 Å². The van der Waals surface area contributed by atoms with E-state index < -0.39 is 0 Å². The monoisotopic (exact) mass is 300 g/mol. The van der Waals surface area contributed by atoms with Crippen molar-refractivity contribution in [3.8, 4) is 11.8 Å². The van der Waals surface area contributed by atoms with Gasteiger partial charge in [0, 0.05) is 30.9 Å². The first-order chi connectivity index (χ1) is 10.8. The van der Waals surface area contributed by atoms with E-state index in [2.05, 4.69) is 15.0 Å². The van der Waals surface area contributed by atoms with Crippen molar-refractivity contribution in [1.29, 1.82) is 0 Å². The van der Waals surface area contributed by atoms with Crippen LogP contribution in [-0.4, -0.2) is 52.1 Å². The first kappa shape index (κ1) is 14.2. The topological polar surface area (TPSA) is 77.4 Å².